The fourth-order valence-corrected chi connectivity index (χ4v) is 2.32. The first-order valence-corrected chi connectivity index (χ1v) is 8.74. The number of hydrogen-bond acceptors (Lipinski definition) is 6. The molecule has 0 bridgehead atoms. The standard InChI is InChI=1S/C21H23N3O5/c1-4-11-29-17-8-6-5-7-16(17)13-23-24-20(25)14-22-21(26)15-9-10-18(27-2)19(12-15)28-3/h4-10,12-13H,1,11,14H2,2-3H3,(H,22,26)(H,24,25). The number of hydrogen-bond donors (Lipinski definition) is 2. The molecule has 0 fully saturated rings. The highest BCUT2D eigenvalue weighted by Gasteiger charge is 2.11. The summed E-state index contributed by atoms with van der Waals surface area (Å²) in [5, 5.41) is 6.41. The smallest absolute Gasteiger partial charge is 0.259 e. The Morgan fingerprint density at radius 3 is 2.55 bits per heavy atom. The molecule has 0 heterocycles. The fraction of sp³-hybridized carbons (Fsp3) is 0.190. The topological polar surface area (TPSA) is 98.2 Å². The van der Waals surface area contributed by atoms with Crippen LogP contribution in [0.4, 0.5) is 0 Å². The first-order valence-electron chi connectivity index (χ1n) is 8.74. The monoisotopic (exact) mass is 397 g/mol. The van der Waals surface area contributed by atoms with Gasteiger partial charge in [0.1, 0.15) is 12.4 Å². The Bertz CT molecular complexity index is 896. The van der Waals surface area contributed by atoms with Crippen molar-refractivity contribution in [3.05, 3.63) is 66.2 Å². The second kappa shape index (κ2) is 11.1. The van der Waals surface area contributed by atoms with E-state index in [4.69, 9.17) is 14.2 Å². The Morgan fingerprint density at radius 2 is 1.83 bits per heavy atom. The van der Waals surface area contributed by atoms with Crippen molar-refractivity contribution < 1.29 is 23.8 Å². The molecule has 0 spiro atoms. The third kappa shape index (κ3) is 6.39. The maximum atomic E-state index is 12.2. The summed E-state index contributed by atoms with van der Waals surface area (Å²) in [5.74, 6) is 0.653. The van der Waals surface area contributed by atoms with Crippen molar-refractivity contribution in [1.29, 1.82) is 0 Å². The number of amides is 2. The minimum atomic E-state index is -0.473. The molecule has 8 heteroatoms. The normalized spacial score (nSPS) is 10.3. The predicted octanol–water partition coefficient (Wildman–Crippen LogP) is 2.15. The molecule has 0 aliphatic rings. The number of carbonyl (C=O) groups excluding carboxylic acids is 2. The van der Waals surface area contributed by atoms with E-state index >= 15 is 0 Å². The number of methoxy groups -OCH3 is 2. The molecular weight excluding hydrogens is 374 g/mol. The molecule has 0 unspecified atom stereocenters. The lowest BCUT2D eigenvalue weighted by atomic mass is 10.2. The number of para-hydroxylation sites is 1. The predicted molar refractivity (Wildman–Crippen MR) is 110 cm³/mol. The molecule has 0 aromatic heterocycles. The highest BCUT2D eigenvalue weighted by Crippen LogP contribution is 2.27. The Balaban J connectivity index is 1.88. The molecule has 0 aliphatic heterocycles. The number of rotatable bonds is 10. The van der Waals surface area contributed by atoms with E-state index in [1.54, 1.807) is 30.3 Å². The van der Waals surface area contributed by atoms with Crippen LogP contribution in [0.15, 0.2) is 60.2 Å². The van der Waals surface area contributed by atoms with Crippen molar-refractivity contribution >= 4 is 18.0 Å². The quantitative estimate of drug-likeness (QED) is 0.364. The third-order valence-electron chi connectivity index (χ3n) is 3.72. The Hall–Kier alpha value is -3.81. The second-order valence-electron chi connectivity index (χ2n) is 5.68. The Kier molecular flexibility index (Phi) is 8.25. The van der Waals surface area contributed by atoms with Gasteiger partial charge in [-0.3, -0.25) is 9.59 Å². The maximum Gasteiger partial charge on any atom is 0.259 e. The molecule has 2 aromatic rings. The van der Waals surface area contributed by atoms with Crippen molar-refractivity contribution in [2.75, 3.05) is 27.4 Å². The number of ether oxygens (including phenoxy) is 3. The van der Waals surface area contributed by atoms with E-state index in [1.807, 2.05) is 12.1 Å². The molecule has 8 nitrogen and oxygen atoms in total. The zero-order chi connectivity index (χ0) is 21.1. The lowest BCUT2D eigenvalue weighted by molar-refractivity contribution is -0.120. The first-order chi connectivity index (χ1) is 14.1. The van der Waals surface area contributed by atoms with Crippen LogP contribution in [0.5, 0.6) is 17.2 Å². The van der Waals surface area contributed by atoms with Gasteiger partial charge in [-0.05, 0) is 30.3 Å². The van der Waals surface area contributed by atoms with Gasteiger partial charge in [0, 0.05) is 11.1 Å². The van der Waals surface area contributed by atoms with E-state index in [0.29, 0.717) is 35.0 Å². The van der Waals surface area contributed by atoms with E-state index in [9.17, 15) is 9.59 Å². The molecule has 2 aromatic carbocycles. The van der Waals surface area contributed by atoms with E-state index in [1.165, 1.54) is 26.5 Å². The highest BCUT2D eigenvalue weighted by atomic mass is 16.5. The number of hydrazone groups is 1. The SMILES string of the molecule is C=CCOc1ccccc1C=NNC(=O)CNC(=O)c1ccc(OC)c(OC)c1. The lowest BCUT2D eigenvalue weighted by Crippen LogP contribution is -2.34. The van der Waals surface area contributed by atoms with Gasteiger partial charge in [-0.2, -0.15) is 5.10 Å². The molecule has 2 rings (SSSR count). The molecule has 0 saturated carbocycles. The van der Waals surface area contributed by atoms with Crippen LogP contribution >= 0.6 is 0 Å². The van der Waals surface area contributed by atoms with E-state index < -0.39 is 11.8 Å². The van der Waals surface area contributed by atoms with Gasteiger partial charge >= 0.3 is 0 Å². The molecule has 2 N–H and O–H groups in total. The summed E-state index contributed by atoms with van der Waals surface area (Å²) >= 11 is 0. The maximum absolute atomic E-state index is 12.2. The summed E-state index contributed by atoms with van der Waals surface area (Å²) in [6, 6.07) is 12.0. The summed E-state index contributed by atoms with van der Waals surface area (Å²) in [7, 11) is 2.98. The average molecular weight is 397 g/mol. The number of nitrogens with one attached hydrogen (secondary N) is 2. The van der Waals surface area contributed by atoms with Crippen LogP contribution in [0.1, 0.15) is 15.9 Å². The van der Waals surface area contributed by atoms with E-state index in [-0.39, 0.29) is 6.54 Å². The largest absolute Gasteiger partial charge is 0.493 e. The van der Waals surface area contributed by atoms with Crippen molar-refractivity contribution in [1.82, 2.24) is 10.7 Å². The van der Waals surface area contributed by atoms with Gasteiger partial charge in [-0.1, -0.05) is 24.8 Å². The van der Waals surface area contributed by atoms with Crippen LogP contribution in [-0.2, 0) is 4.79 Å². The molecular formula is C21H23N3O5. The summed E-state index contributed by atoms with van der Waals surface area (Å²) in [4.78, 5) is 24.1. The molecule has 2 amide bonds. The van der Waals surface area contributed by atoms with Crippen LogP contribution < -0.4 is 25.0 Å². The fourth-order valence-electron chi connectivity index (χ4n) is 2.32. The van der Waals surface area contributed by atoms with Crippen molar-refractivity contribution in [3.8, 4) is 17.2 Å². The molecule has 0 atom stereocenters. The summed E-state index contributed by atoms with van der Waals surface area (Å²) in [6.45, 7) is 3.73. The van der Waals surface area contributed by atoms with Gasteiger partial charge in [0.25, 0.3) is 11.8 Å². The average Bonchev–Trinajstić information content (AvgIpc) is 2.76. The minimum Gasteiger partial charge on any atom is -0.493 e. The lowest BCUT2D eigenvalue weighted by Gasteiger charge is -2.09. The van der Waals surface area contributed by atoms with Crippen LogP contribution in [0.25, 0.3) is 0 Å². The second-order valence-corrected chi connectivity index (χ2v) is 5.68. The van der Waals surface area contributed by atoms with Crippen LogP contribution in [0.2, 0.25) is 0 Å². The summed E-state index contributed by atoms with van der Waals surface area (Å²) < 4.78 is 15.8. The minimum absolute atomic E-state index is 0.237. The van der Waals surface area contributed by atoms with Crippen molar-refractivity contribution in [3.63, 3.8) is 0 Å². The van der Waals surface area contributed by atoms with Gasteiger partial charge in [-0.15, -0.1) is 0 Å². The van der Waals surface area contributed by atoms with Crippen LogP contribution in [0, 0.1) is 0 Å². The zero-order valence-corrected chi connectivity index (χ0v) is 16.3. The molecule has 0 saturated heterocycles. The van der Waals surface area contributed by atoms with Crippen LogP contribution in [-0.4, -0.2) is 45.4 Å². The third-order valence-corrected chi connectivity index (χ3v) is 3.72. The Labute approximate surface area is 169 Å². The summed E-state index contributed by atoms with van der Waals surface area (Å²) in [5.41, 5.74) is 3.40. The van der Waals surface area contributed by atoms with Gasteiger partial charge < -0.3 is 19.5 Å². The van der Waals surface area contributed by atoms with E-state index in [2.05, 4.69) is 22.4 Å². The Morgan fingerprint density at radius 1 is 1.07 bits per heavy atom. The van der Waals surface area contributed by atoms with Gasteiger partial charge in [0.15, 0.2) is 11.5 Å². The van der Waals surface area contributed by atoms with Crippen molar-refractivity contribution in [2.24, 2.45) is 5.10 Å². The zero-order valence-electron chi connectivity index (χ0n) is 16.3. The number of nitrogens with zero attached hydrogens (tertiary/aromatic N) is 1. The number of benzene rings is 2. The first kappa shape index (κ1) is 21.5. The summed E-state index contributed by atoms with van der Waals surface area (Å²) in [6.07, 6.45) is 3.10. The van der Waals surface area contributed by atoms with Gasteiger partial charge in [0.2, 0.25) is 0 Å². The number of carbonyl (C=O) groups is 2. The van der Waals surface area contributed by atoms with Gasteiger partial charge in [0.05, 0.1) is 27.0 Å². The molecule has 0 radical (unpaired) electrons. The van der Waals surface area contributed by atoms with E-state index in [0.717, 1.165) is 0 Å². The highest BCUT2D eigenvalue weighted by molar-refractivity contribution is 5.97. The van der Waals surface area contributed by atoms with Gasteiger partial charge in [-0.25, -0.2) is 5.43 Å². The molecule has 29 heavy (non-hydrogen) atoms. The van der Waals surface area contributed by atoms with Crippen LogP contribution in [0.3, 0.4) is 0 Å². The molecule has 152 valence electrons. The van der Waals surface area contributed by atoms with Crippen molar-refractivity contribution in [2.45, 2.75) is 0 Å². The molecule has 0 aliphatic carbocycles.